The molecule has 0 atom stereocenters. The Morgan fingerprint density at radius 2 is 1.95 bits per heavy atom. The highest BCUT2D eigenvalue weighted by molar-refractivity contribution is 7.88. The van der Waals surface area contributed by atoms with E-state index >= 15 is 0 Å². The largest absolute Gasteiger partial charge is 0.398 e. The van der Waals surface area contributed by atoms with Crippen molar-refractivity contribution >= 4 is 21.6 Å². The number of carbonyl (C=O) groups excluding carboxylic acids is 1. The van der Waals surface area contributed by atoms with E-state index in [0.29, 0.717) is 23.7 Å². The first-order valence-corrected chi connectivity index (χ1v) is 8.03. The molecule has 0 saturated carbocycles. The van der Waals surface area contributed by atoms with Gasteiger partial charge in [0, 0.05) is 12.2 Å². The number of carbonyl (C=O) groups is 1. The summed E-state index contributed by atoms with van der Waals surface area (Å²) in [5, 5.41) is 2.64. The van der Waals surface area contributed by atoms with E-state index < -0.39 is 10.0 Å². The van der Waals surface area contributed by atoms with Crippen LogP contribution >= 0.6 is 0 Å². The van der Waals surface area contributed by atoms with Gasteiger partial charge in [-0.05, 0) is 17.5 Å². The molecule has 0 aromatic heterocycles. The van der Waals surface area contributed by atoms with Gasteiger partial charge in [0.2, 0.25) is 15.9 Å². The maximum Gasteiger partial charge on any atom is 0.235 e. The van der Waals surface area contributed by atoms with Gasteiger partial charge >= 0.3 is 0 Å². The lowest BCUT2D eigenvalue weighted by atomic mass is 10.2. The third-order valence-electron chi connectivity index (χ3n) is 2.56. The molecule has 1 aromatic rings. The second kappa shape index (κ2) is 7.25. The Hall–Kier alpha value is -1.60. The molecular formula is C13H21N3O3S. The molecule has 0 aliphatic carbocycles. The van der Waals surface area contributed by atoms with Gasteiger partial charge in [-0.1, -0.05) is 32.0 Å². The summed E-state index contributed by atoms with van der Waals surface area (Å²) in [5.74, 6) is -0.264. The van der Waals surface area contributed by atoms with Gasteiger partial charge in [-0.25, -0.2) is 13.1 Å². The molecule has 0 bridgehead atoms. The topological polar surface area (TPSA) is 101 Å². The molecule has 0 aliphatic rings. The lowest BCUT2D eigenvalue weighted by molar-refractivity contribution is -0.120. The monoisotopic (exact) mass is 299 g/mol. The minimum Gasteiger partial charge on any atom is -0.398 e. The van der Waals surface area contributed by atoms with Gasteiger partial charge in [-0.2, -0.15) is 0 Å². The molecule has 6 nitrogen and oxygen atoms in total. The molecule has 0 radical (unpaired) electrons. The molecule has 4 N–H and O–H groups in total. The van der Waals surface area contributed by atoms with Crippen LogP contribution in [0.25, 0.3) is 0 Å². The van der Waals surface area contributed by atoms with Crippen LogP contribution in [0.3, 0.4) is 0 Å². The Labute approximate surface area is 119 Å². The highest BCUT2D eigenvalue weighted by Crippen LogP contribution is 2.13. The lowest BCUT2D eigenvalue weighted by Gasteiger charge is -2.10. The van der Waals surface area contributed by atoms with E-state index in [1.807, 2.05) is 13.8 Å². The standard InChI is InChI=1S/C13H21N3O3S/c1-10(2)7-15-13(17)8-16-20(18,19)9-11-5-3-4-6-12(11)14/h3-6,10,16H,7-9,14H2,1-2H3,(H,15,17). The molecule has 0 aliphatic heterocycles. The molecule has 112 valence electrons. The van der Waals surface area contributed by atoms with Gasteiger partial charge in [0.25, 0.3) is 0 Å². The minimum absolute atomic E-state index is 0.239. The maximum absolute atomic E-state index is 11.8. The van der Waals surface area contributed by atoms with Crippen LogP contribution in [0.5, 0.6) is 0 Å². The van der Waals surface area contributed by atoms with E-state index in [1.54, 1.807) is 24.3 Å². The normalized spacial score (nSPS) is 11.6. The lowest BCUT2D eigenvalue weighted by Crippen LogP contribution is -2.38. The number of para-hydroxylation sites is 1. The smallest absolute Gasteiger partial charge is 0.235 e. The van der Waals surface area contributed by atoms with Crippen LogP contribution in [0.15, 0.2) is 24.3 Å². The summed E-state index contributed by atoms with van der Waals surface area (Å²) in [6.07, 6.45) is 0. The fraction of sp³-hybridized carbons (Fsp3) is 0.462. The van der Waals surface area contributed by atoms with Crippen LogP contribution in [0.4, 0.5) is 5.69 Å². The first kappa shape index (κ1) is 16.5. The first-order chi connectivity index (χ1) is 9.30. The Morgan fingerprint density at radius 1 is 1.30 bits per heavy atom. The molecule has 0 heterocycles. The molecule has 1 aromatic carbocycles. The van der Waals surface area contributed by atoms with Gasteiger partial charge < -0.3 is 11.1 Å². The summed E-state index contributed by atoms with van der Waals surface area (Å²) < 4.78 is 26.0. The highest BCUT2D eigenvalue weighted by atomic mass is 32.2. The number of anilines is 1. The van der Waals surface area contributed by atoms with E-state index in [4.69, 9.17) is 5.73 Å². The molecular weight excluding hydrogens is 278 g/mol. The van der Waals surface area contributed by atoms with Crippen LogP contribution < -0.4 is 15.8 Å². The van der Waals surface area contributed by atoms with Crippen molar-refractivity contribution in [3.8, 4) is 0 Å². The van der Waals surface area contributed by atoms with Crippen molar-refractivity contribution < 1.29 is 13.2 Å². The third kappa shape index (κ3) is 6.03. The van der Waals surface area contributed by atoms with Gasteiger partial charge in [0.05, 0.1) is 12.3 Å². The number of benzene rings is 1. The molecule has 0 saturated heterocycles. The summed E-state index contributed by atoms with van der Waals surface area (Å²) in [6.45, 7) is 4.18. The predicted molar refractivity (Wildman–Crippen MR) is 79.3 cm³/mol. The number of nitrogen functional groups attached to an aromatic ring is 1. The van der Waals surface area contributed by atoms with Crippen molar-refractivity contribution in [3.63, 3.8) is 0 Å². The Morgan fingerprint density at radius 3 is 2.55 bits per heavy atom. The minimum atomic E-state index is -3.58. The van der Waals surface area contributed by atoms with Crippen LogP contribution in [0.2, 0.25) is 0 Å². The average Bonchev–Trinajstić information content (AvgIpc) is 2.36. The van der Waals surface area contributed by atoms with Crippen LogP contribution in [0, 0.1) is 5.92 Å². The number of sulfonamides is 1. The van der Waals surface area contributed by atoms with Gasteiger partial charge in [-0.15, -0.1) is 0 Å². The van der Waals surface area contributed by atoms with Crippen LogP contribution in [0.1, 0.15) is 19.4 Å². The second-order valence-corrected chi connectivity index (χ2v) is 6.78. The van der Waals surface area contributed by atoms with E-state index in [9.17, 15) is 13.2 Å². The maximum atomic E-state index is 11.8. The molecule has 0 unspecified atom stereocenters. The van der Waals surface area contributed by atoms with E-state index in [2.05, 4.69) is 10.0 Å². The van der Waals surface area contributed by atoms with E-state index in [0.717, 1.165) is 0 Å². The summed E-state index contributed by atoms with van der Waals surface area (Å²) in [5.41, 5.74) is 6.63. The van der Waals surface area contributed by atoms with Crippen molar-refractivity contribution in [2.75, 3.05) is 18.8 Å². The number of hydrogen-bond acceptors (Lipinski definition) is 4. The zero-order valence-electron chi connectivity index (χ0n) is 11.7. The van der Waals surface area contributed by atoms with Crippen molar-refractivity contribution in [1.82, 2.24) is 10.0 Å². The third-order valence-corrected chi connectivity index (χ3v) is 3.84. The summed E-state index contributed by atoms with van der Waals surface area (Å²) in [6, 6.07) is 6.74. The zero-order chi connectivity index (χ0) is 15.2. The van der Waals surface area contributed by atoms with Crippen molar-refractivity contribution in [3.05, 3.63) is 29.8 Å². The first-order valence-electron chi connectivity index (χ1n) is 6.37. The zero-order valence-corrected chi connectivity index (χ0v) is 12.5. The molecule has 20 heavy (non-hydrogen) atoms. The van der Waals surface area contributed by atoms with Crippen LogP contribution in [-0.2, 0) is 20.6 Å². The quantitative estimate of drug-likeness (QED) is 0.637. The van der Waals surface area contributed by atoms with E-state index in [-0.39, 0.29) is 18.2 Å². The van der Waals surface area contributed by atoms with Gasteiger partial charge in [0.15, 0.2) is 0 Å². The van der Waals surface area contributed by atoms with Crippen LogP contribution in [-0.4, -0.2) is 27.4 Å². The van der Waals surface area contributed by atoms with Crippen molar-refractivity contribution in [1.29, 1.82) is 0 Å². The van der Waals surface area contributed by atoms with Gasteiger partial charge in [-0.3, -0.25) is 4.79 Å². The Kier molecular flexibility index (Phi) is 5.97. The van der Waals surface area contributed by atoms with E-state index in [1.165, 1.54) is 0 Å². The molecule has 1 amide bonds. The molecule has 1 rings (SSSR count). The Balaban J connectivity index is 2.50. The van der Waals surface area contributed by atoms with Gasteiger partial charge in [0.1, 0.15) is 0 Å². The highest BCUT2D eigenvalue weighted by Gasteiger charge is 2.14. The summed E-state index contributed by atoms with van der Waals surface area (Å²) in [7, 11) is -3.58. The number of amides is 1. The average molecular weight is 299 g/mol. The second-order valence-electron chi connectivity index (χ2n) is 4.98. The summed E-state index contributed by atoms with van der Waals surface area (Å²) >= 11 is 0. The summed E-state index contributed by atoms with van der Waals surface area (Å²) in [4.78, 5) is 11.5. The Bertz CT molecular complexity index is 556. The SMILES string of the molecule is CC(C)CNC(=O)CNS(=O)(=O)Cc1ccccc1N. The molecule has 7 heteroatoms. The van der Waals surface area contributed by atoms with Crippen molar-refractivity contribution in [2.24, 2.45) is 5.92 Å². The van der Waals surface area contributed by atoms with Crippen molar-refractivity contribution in [2.45, 2.75) is 19.6 Å². The fourth-order valence-corrected chi connectivity index (χ4v) is 2.60. The molecule has 0 spiro atoms. The molecule has 0 fully saturated rings. The fourth-order valence-electron chi connectivity index (χ4n) is 1.48. The number of rotatable bonds is 7. The number of nitrogens with one attached hydrogen (secondary N) is 2. The number of hydrogen-bond donors (Lipinski definition) is 3. The predicted octanol–water partition coefficient (Wildman–Crippen LogP) is 0.460. The number of nitrogens with two attached hydrogens (primary N) is 1.